The molecule has 0 aliphatic heterocycles. The first kappa shape index (κ1) is 13.6. The number of aliphatic hydroxyl groups excluding tert-OH is 1. The van der Waals surface area contributed by atoms with Crippen molar-refractivity contribution >= 4 is 54.8 Å². The smallest absolute Gasteiger partial charge is 0.114 e. The Kier molecular flexibility index (Phi) is 4.31. The summed E-state index contributed by atoms with van der Waals surface area (Å²) in [7, 11) is 0. The van der Waals surface area contributed by atoms with Crippen molar-refractivity contribution < 1.29 is 5.11 Å². The average Bonchev–Trinajstić information content (AvgIpc) is 2.58. The predicted octanol–water partition coefficient (Wildman–Crippen LogP) is 5.32. The van der Waals surface area contributed by atoms with Crippen LogP contribution in [0.25, 0.3) is 0 Å². The molecule has 1 heterocycles. The van der Waals surface area contributed by atoms with Crippen molar-refractivity contribution in [2.45, 2.75) is 13.0 Å². The molecule has 2 rings (SSSR count). The Morgan fingerprint density at radius 2 is 2.00 bits per heavy atom. The molecule has 2 aromatic rings. The lowest BCUT2D eigenvalue weighted by Crippen LogP contribution is -1.99. The van der Waals surface area contributed by atoms with Gasteiger partial charge in [0.15, 0.2) is 0 Å². The third-order valence-electron chi connectivity index (χ3n) is 2.46. The fourth-order valence-corrected chi connectivity index (χ4v) is 3.82. The molecule has 0 bridgehead atoms. The zero-order valence-corrected chi connectivity index (χ0v) is 13.6. The quantitative estimate of drug-likeness (QED) is 0.729. The van der Waals surface area contributed by atoms with Crippen LogP contribution >= 0.6 is 54.8 Å². The van der Waals surface area contributed by atoms with Gasteiger partial charge in [-0.3, -0.25) is 0 Å². The molecule has 0 saturated carbocycles. The van der Waals surface area contributed by atoms with Gasteiger partial charge in [0, 0.05) is 9.35 Å². The Labute approximate surface area is 126 Å². The number of benzene rings is 1. The summed E-state index contributed by atoms with van der Waals surface area (Å²) in [5.74, 6) is 0. The maximum atomic E-state index is 10.3. The van der Waals surface area contributed by atoms with Crippen LogP contribution in [0.2, 0.25) is 5.02 Å². The summed E-state index contributed by atoms with van der Waals surface area (Å²) in [6.07, 6.45) is -0.628. The number of hydrogen-bond acceptors (Lipinski definition) is 2. The minimum atomic E-state index is -0.628. The van der Waals surface area contributed by atoms with E-state index in [4.69, 9.17) is 11.6 Å². The zero-order valence-electron chi connectivity index (χ0n) is 8.88. The van der Waals surface area contributed by atoms with Crippen LogP contribution in [0, 0.1) is 6.92 Å². The molecule has 0 aliphatic rings. The van der Waals surface area contributed by atoms with E-state index in [1.165, 1.54) is 11.3 Å². The number of thiophene rings is 1. The highest BCUT2D eigenvalue weighted by Crippen LogP contribution is 2.38. The van der Waals surface area contributed by atoms with E-state index < -0.39 is 6.10 Å². The minimum Gasteiger partial charge on any atom is -0.383 e. The minimum absolute atomic E-state index is 0.628. The molecule has 0 radical (unpaired) electrons. The van der Waals surface area contributed by atoms with Crippen LogP contribution < -0.4 is 0 Å². The van der Waals surface area contributed by atoms with E-state index in [0.29, 0.717) is 5.02 Å². The first-order chi connectivity index (χ1) is 7.99. The molecule has 1 atom stereocenters. The van der Waals surface area contributed by atoms with Crippen LogP contribution in [0.4, 0.5) is 0 Å². The van der Waals surface area contributed by atoms with Crippen molar-refractivity contribution in [2.24, 2.45) is 0 Å². The van der Waals surface area contributed by atoms with Gasteiger partial charge in [0.2, 0.25) is 0 Å². The van der Waals surface area contributed by atoms with Gasteiger partial charge in [-0.15, -0.1) is 11.3 Å². The Balaban J connectivity index is 2.39. The monoisotopic (exact) mass is 394 g/mol. The second-order valence-electron chi connectivity index (χ2n) is 3.67. The fourth-order valence-electron chi connectivity index (χ4n) is 1.60. The Morgan fingerprint density at radius 3 is 2.53 bits per heavy atom. The average molecular weight is 397 g/mol. The third-order valence-corrected chi connectivity index (χ3v) is 5.48. The molecular weight excluding hydrogens is 387 g/mol. The van der Waals surface area contributed by atoms with Crippen LogP contribution in [-0.4, -0.2) is 5.11 Å². The van der Waals surface area contributed by atoms with E-state index in [1.807, 2.05) is 25.1 Å². The summed E-state index contributed by atoms with van der Waals surface area (Å²) < 4.78 is 1.86. The van der Waals surface area contributed by atoms with E-state index in [-0.39, 0.29) is 0 Å². The largest absolute Gasteiger partial charge is 0.383 e. The predicted molar refractivity (Wildman–Crippen MR) is 80.0 cm³/mol. The van der Waals surface area contributed by atoms with Gasteiger partial charge in [0.25, 0.3) is 0 Å². The van der Waals surface area contributed by atoms with Crippen LogP contribution in [0.15, 0.2) is 32.5 Å². The standard InChI is InChI=1S/C12H9Br2ClOS/c1-6-4-7(13)2-3-8(6)11(16)10-5-9(15)12(14)17-10/h2-5,11,16H,1H3. The Morgan fingerprint density at radius 1 is 1.29 bits per heavy atom. The molecule has 0 aliphatic carbocycles. The lowest BCUT2D eigenvalue weighted by molar-refractivity contribution is 0.223. The lowest BCUT2D eigenvalue weighted by atomic mass is 10.0. The molecule has 1 N–H and O–H groups in total. The molecule has 1 aromatic carbocycles. The van der Waals surface area contributed by atoms with E-state index in [0.717, 1.165) is 24.3 Å². The van der Waals surface area contributed by atoms with Crippen molar-refractivity contribution in [3.05, 3.63) is 53.6 Å². The number of rotatable bonds is 2. The SMILES string of the molecule is Cc1cc(Br)ccc1C(O)c1cc(Cl)c(Br)s1. The number of hydrogen-bond donors (Lipinski definition) is 1. The zero-order chi connectivity index (χ0) is 12.6. The van der Waals surface area contributed by atoms with Crippen LogP contribution in [-0.2, 0) is 0 Å². The first-order valence-corrected chi connectivity index (χ1v) is 7.66. The summed E-state index contributed by atoms with van der Waals surface area (Å²) in [4.78, 5) is 0.840. The van der Waals surface area contributed by atoms with Crippen LogP contribution in [0.3, 0.4) is 0 Å². The number of aliphatic hydroxyl groups is 1. The molecular formula is C12H9Br2ClOS. The third kappa shape index (κ3) is 2.93. The van der Waals surface area contributed by atoms with Crippen molar-refractivity contribution in [3.8, 4) is 0 Å². The Hall–Kier alpha value is 0.130. The number of aryl methyl sites for hydroxylation is 1. The number of halogens is 3. The lowest BCUT2D eigenvalue weighted by Gasteiger charge is -2.12. The maximum absolute atomic E-state index is 10.3. The van der Waals surface area contributed by atoms with Crippen molar-refractivity contribution in [3.63, 3.8) is 0 Å². The summed E-state index contributed by atoms with van der Waals surface area (Å²) in [6, 6.07) is 7.63. The van der Waals surface area contributed by atoms with Gasteiger partial charge in [-0.25, -0.2) is 0 Å². The fraction of sp³-hybridized carbons (Fsp3) is 0.167. The normalized spacial score (nSPS) is 12.8. The van der Waals surface area contributed by atoms with Gasteiger partial charge >= 0.3 is 0 Å². The molecule has 1 nitrogen and oxygen atoms in total. The topological polar surface area (TPSA) is 20.2 Å². The van der Waals surface area contributed by atoms with Gasteiger partial charge in [0.1, 0.15) is 6.10 Å². The van der Waals surface area contributed by atoms with Crippen LogP contribution in [0.5, 0.6) is 0 Å². The van der Waals surface area contributed by atoms with Crippen molar-refractivity contribution in [1.29, 1.82) is 0 Å². The highest BCUT2D eigenvalue weighted by molar-refractivity contribution is 9.11. The van der Waals surface area contributed by atoms with Crippen molar-refractivity contribution in [2.75, 3.05) is 0 Å². The van der Waals surface area contributed by atoms with Gasteiger partial charge in [0.05, 0.1) is 8.81 Å². The summed E-state index contributed by atoms with van der Waals surface area (Å²) >= 11 is 14.2. The van der Waals surface area contributed by atoms with Crippen molar-refractivity contribution in [1.82, 2.24) is 0 Å². The summed E-state index contributed by atoms with van der Waals surface area (Å²) in [5, 5.41) is 11.0. The van der Waals surface area contributed by atoms with Crippen LogP contribution in [0.1, 0.15) is 22.1 Å². The molecule has 0 saturated heterocycles. The van der Waals surface area contributed by atoms with Gasteiger partial charge in [-0.2, -0.15) is 0 Å². The van der Waals surface area contributed by atoms with E-state index in [9.17, 15) is 5.11 Å². The highest BCUT2D eigenvalue weighted by atomic mass is 79.9. The molecule has 17 heavy (non-hydrogen) atoms. The molecule has 0 amide bonds. The Bertz CT molecular complexity index is 534. The first-order valence-electron chi connectivity index (χ1n) is 4.88. The summed E-state index contributed by atoms with van der Waals surface area (Å²) in [6.45, 7) is 1.98. The van der Waals surface area contributed by atoms with E-state index >= 15 is 0 Å². The molecule has 90 valence electrons. The molecule has 0 fully saturated rings. The molecule has 5 heteroatoms. The highest BCUT2D eigenvalue weighted by Gasteiger charge is 2.17. The van der Waals surface area contributed by atoms with Gasteiger partial charge < -0.3 is 5.11 Å². The second kappa shape index (κ2) is 5.41. The maximum Gasteiger partial charge on any atom is 0.114 e. The van der Waals surface area contributed by atoms with E-state index in [1.54, 1.807) is 6.07 Å². The molecule has 0 spiro atoms. The second-order valence-corrected chi connectivity index (χ2v) is 7.40. The van der Waals surface area contributed by atoms with E-state index in [2.05, 4.69) is 31.9 Å². The molecule has 1 aromatic heterocycles. The van der Waals surface area contributed by atoms with Gasteiger partial charge in [-0.1, -0.05) is 33.6 Å². The van der Waals surface area contributed by atoms with Gasteiger partial charge in [-0.05, 0) is 52.2 Å². The summed E-state index contributed by atoms with van der Waals surface area (Å²) in [5.41, 5.74) is 1.95. The molecule has 1 unspecified atom stereocenters.